The van der Waals surface area contributed by atoms with Gasteiger partial charge in [-0.2, -0.15) is 31.6 Å². The Morgan fingerprint density at radius 2 is 1.26 bits per heavy atom. The molecule has 0 aliphatic carbocycles. The monoisotopic (exact) mass is 633 g/mol. The van der Waals surface area contributed by atoms with Gasteiger partial charge < -0.3 is 4.57 Å². The van der Waals surface area contributed by atoms with Crippen LogP contribution in [0.15, 0.2) is 128 Å². The van der Waals surface area contributed by atoms with E-state index in [2.05, 4.69) is 11.1 Å². The quantitative estimate of drug-likeness (QED) is 0.181. The zero-order chi connectivity index (χ0) is 32.9. The number of benzene rings is 5. The van der Waals surface area contributed by atoms with Gasteiger partial charge in [-0.05, 0) is 59.2 Å². The number of hydrogen-bond acceptors (Lipinski definition) is 2. The van der Waals surface area contributed by atoms with Crippen LogP contribution in [0.25, 0.3) is 60.9 Å². The number of hydrogen-bond donors (Lipinski definition) is 0. The standard InChI is InChI=1S/C38H21F6N3/c39-37(40,41)26-13-14-27(33(20-26)38(42,43)44)29-10-6-11-30-28-9-4-5-12-34(28)47(36(29)30)35-21-31(24-15-17-46-18-16-24)25(22-45)19-32(35)23-7-2-1-3-8-23/h1-21H. The number of pyridine rings is 1. The number of fused-ring (bicyclic) bond motifs is 3. The minimum Gasteiger partial charge on any atom is -0.308 e. The number of aromatic nitrogens is 2. The first-order chi connectivity index (χ1) is 22.6. The van der Waals surface area contributed by atoms with Crippen LogP contribution >= 0.6 is 0 Å². The molecule has 5 aromatic carbocycles. The van der Waals surface area contributed by atoms with Crippen LogP contribution < -0.4 is 0 Å². The van der Waals surface area contributed by atoms with Gasteiger partial charge in [-0.1, -0.05) is 72.8 Å². The summed E-state index contributed by atoms with van der Waals surface area (Å²) in [6, 6.07) is 32.6. The first-order valence-electron chi connectivity index (χ1n) is 14.4. The molecule has 7 aromatic rings. The fourth-order valence-corrected chi connectivity index (χ4v) is 6.16. The Morgan fingerprint density at radius 1 is 0.574 bits per heavy atom. The molecule has 0 saturated heterocycles. The topological polar surface area (TPSA) is 41.6 Å². The van der Waals surface area contributed by atoms with E-state index < -0.39 is 23.5 Å². The van der Waals surface area contributed by atoms with Crippen molar-refractivity contribution in [3.63, 3.8) is 0 Å². The van der Waals surface area contributed by atoms with Gasteiger partial charge in [0.1, 0.15) is 0 Å². The van der Waals surface area contributed by atoms with Gasteiger partial charge in [0, 0.05) is 39.9 Å². The summed E-state index contributed by atoms with van der Waals surface area (Å²) in [5.41, 5.74) is 1.62. The molecule has 230 valence electrons. The SMILES string of the molecule is N#Cc1cc(-c2ccccc2)c(-n2c3ccccc3c3cccc(-c4ccc(C(F)(F)F)cc4C(F)(F)F)c32)cc1-c1ccncc1. The molecule has 2 heterocycles. The third-order valence-corrected chi connectivity index (χ3v) is 8.21. The van der Waals surface area contributed by atoms with Crippen molar-refractivity contribution in [2.75, 3.05) is 0 Å². The van der Waals surface area contributed by atoms with Crippen molar-refractivity contribution >= 4 is 21.8 Å². The number of rotatable bonds is 4. The van der Waals surface area contributed by atoms with Crippen LogP contribution in [0.1, 0.15) is 16.7 Å². The second-order valence-corrected chi connectivity index (χ2v) is 10.9. The normalized spacial score (nSPS) is 12.0. The predicted molar refractivity (Wildman–Crippen MR) is 170 cm³/mol. The Morgan fingerprint density at radius 3 is 1.96 bits per heavy atom. The Labute approximate surface area is 264 Å². The van der Waals surface area contributed by atoms with Crippen molar-refractivity contribution in [3.8, 4) is 45.1 Å². The highest BCUT2D eigenvalue weighted by molar-refractivity contribution is 6.14. The van der Waals surface area contributed by atoms with Crippen LogP contribution in [0.2, 0.25) is 0 Å². The molecule has 9 heteroatoms. The lowest BCUT2D eigenvalue weighted by atomic mass is 9.93. The van der Waals surface area contributed by atoms with E-state index in [0.717, 1.165) is 17.0 Å². The van der Waals surface area contributed by atoms with Gasteiger partial charge in [0.2, 0.25) is 0 Å². The molecule has 0 N–H and O–H groups in total. The van der Waals surface area contributed by atoms with Crippen LogP contribution in [0, 0.1) is 11.3 Å². The lowest BCUT2D eigenvalue weighted by Gasteiger charge is -2.20. The summed E-state index contributed by atoms with van der Waals surface area (Å²) in [6.07, 6.45) is -6.84. The zero-order valence-electron chi connectivity index (χ0n) is 24.2. The maximum absolute atomic E-state index is 14.5. The van der Waals surface area contributed by atoms with Crippen molar-refractivity contribution < 1.29 is 26.3 Å². The minimum absolute atomic E-state index is 0.105. The molecular formula is C38H21F6N3. The van der Waals surface area contributed by atoms with E-state index in [-0.39, 0.29) is 17.2 Å². The van der Waals surface area contributed by atoms with Crippen molar-refractivity contribution in [1.29, 1.82) is 5.26 Å². The highest BCUT2D eigenvalue weighted by Gasteiger charge is 2.39. The fraction of sp³-hybridized carbons (Fsp3) is 0.0526. The van der Waals surface area contributed by atoms with E-state index in [9.17, 15) is 31.6 Å². The molecule has 0 spiro atoms. The van der Waals surface area contributed by atoms with Crippen molar-refractivity contribution in [2.24, 2.45) is 0 Å². The van der Waals surface area contributed by atoms with Crippen molar-refractivity contribution in [3.05, 3.63) is 144 Å². The van der Waals surface area contributed by atoms with Crippen LogP contribution in [-0.4, -0.2) is 9.55 Å². The Balaban J connectivity index is 1.65. The summed E-state index contributed by atoms with van der Waals surface area (Å²) in [6.45, 7) is 0. The Kier molecular flexibility index (Phi) is 7.09. The van der Waals surface area contributed by atoms with Gasteiger partial charge in [-0.25, -0.2) is 0 Å². The number of halogens is 6. The lowest BCUT2D eigenvalue weighted by Crippen LogP contribution is -2.12. The van der Waals surface area contributed by atoms with E-state index in [1.165, 1.54) is 6.07 Å². The van der Waals surface area contributed by atoms with Crippen LogP contribution in [0.4, 0.5) is 26.3 Å². The molecule has 0 aliphatic heterocycles. The molecule has 7 rings (SSSR count). The molecule has 0 amide bonds. The van der Waals surface area contributed by atoms with Crippen LogP contribution in [0.3, 0.4) is 0 Å². The summed E-state index contributed by atoms with van der Waals surface area (Å²) in [4.78, 5) is 4.09. The minimum atomic E-state index is -5.08. The van der Waals surface area contributed by atoms with Crippen LogP contribution in [0.5, 0.6) is 0 Å². The van der Waals surface area contributed by atoms with Gasteiger partial charge in [-0.15, -0.1) is 0 Å². The molecule has 3 nitrogen and oxygen atoms in total. The number of para-hydroxylation sites is 2. The molecule has 47 heavy (non-hydrogen) atoms. The van der Waals surface area contributed by atoms with E-state index in [4.69, 9.17) is 0 Å². The zero-order valence-corrected chi connectivity index (χ0v) is 24.2. The smallest absolute Gasteiger partial charge is 0.308 e. The number of alkyl halides is 6. The van der Waals surface area contributed by atoms with E-state index >= 15 is 0 Å². The van der Waals surface area contributed by atoms with Gasteiger partial charge in [-0.3, -0.25) is 4.98 Å². The largest absolute Gasteiger partial charge is 0.417 e. The third kappa shape index (κ3) is 5.18. The van der Waals surface area contributed by atoms with Gasteiger partial charge in [0.25, 0.3) is 0 Å². The second kappa shape index (κ2) is 11.2. The van der Waals surface area contributed by atoms with E-state index in [1.54, 1.807) is 42.7 Å². The molecule has 0 fully saturated rings. The average molecular weight is 634 g/mol. The Hall–Kier alpha value is -5.88. The molecule has 0 unspecified atom stereocenters. The average Bonchev–Trinajstić information content (AvgIpc) is 3.42. The molecule has 0 saturated carbocycles. The summed E-state index contributed by atoms with van der Waals surface area (Å²) in [7, 11) is 0. The summed E-state index contributed by atoms with van der Waals surface area (Å²) in [5.74, 6) is 0. The molecule has 0 bridgehead atoms. The summed E-state index contributed by atoms with van der Waals surface area (Å²) < 4.78 is 86.3. The molecular weight excluding hydrogens is 612 g/mol. The number of nitrogens with zero attached hydrogens (tertiary/aromatic N) is 3. The summed E-state index contributed by atoms with van der Waals surface area (Å²) >= 11 is 0. The van der Waals surface area contributed by atoms with E-state index in [1.807, 2.05) is 65.2 Å². The van der Waals surface area contributed by atoms with Gasteiger partial charge >= 0.3 is 12.4 Å². The first kappa shape index (κ1) is 29.8. The van der Waals surface area contributed by atoms with E-state index in [0.29, 0.717) is 50.4 Å². The molecule has 2 aromatic heterocycles. The second-order valence-electron chi connectivity index (χ2n) is 10.9. The maximum Gasteiger partial charge on any atom is 0.417 e. The van der Waals surface area contributed by atoms with Crippen LogP contribution in [-0.2, 0) is 12.4 Å². The summed E-state index contributed by atoms with van der Waals surface area (Å²) in [5, 5.41) is 11.6. The molecule has 0 atom stereocenters. The third-order valence-electron chi connectivity index (χ3n) is 8.21. The molecule has 0 radical (unpaired) electrons. The highest BCUT2D eigenvalue weighted by atomic mass is 19.4. The van der Waals surface area contributed by atoms with Gasteiger partial charge in [0.15, 0.2) is 0 Å². The van der Waals surface area contributed by atoms with Crippen molar-refractivity contribution in [2.45, 2.75) is 12.4 Å². The number of nitriles is 1. The highest BCUT2D eigenvalue weighted by Crippen LogP contribution is 2.46. The lowest BCUT2D eigenvalue weighted by molar-refractivity contribution is -0.142. The van der Waals surface area contributed by atoms with Gasteiger partial charge in [0.05, 0.1) is 39.5 Å². The maximum atomic E-state index is 14.5. The first-order valence-corrected chi connectivity index (χ1v) is 14.4. The predicted octanol–water partition coefficient (Wildman–Crippen LogP) is 11.1. The Bertz CT molecular complexity index is 2330. The van der Waals surface area contributed by atoms with Crippen molar-refractivity contribution in [1.82, 2.24) is 9.55 Å². The molecule has 0 aliphatic rings. The fourth-order valence-electron chi connectivity index (χ4n) is 6.16.